The number of hydrogen-bond acceptors (Lipinski definition) is 4. The quantitative estimate of drug-likeness (QED) is 0.849. The van der Waals surface area contributed by atoms with Gasteiger partial charge < -0.3 is 5.32 Å². The molecule has 0 bridgehead atoms. The van der Waals surface area contributed by atoms with Gasteiger partial charge in [0.2, 0.25) is 0 Å². The highest BCUT2D eigenvalue weighted by Crippen LogP contribution is 2.42. The largest absolute Gasteiger partial charge is 0.325 e. The van der Waals surface area contributed by atoms with E-state index in [2.05, 4.69) is 24.1 Å². The maximum absolute atomic E-state index is 12.9. The molecular weight excluding hydrogens is 310 g/mol. The lowest BCUT2D eigenvalue weighted by Crippen LogP contribution is -2.58. The van der Waals surface area contributed by atoms with Gasteiger partial charge in [0.15, 0.2) is 4.47 Å². The van der Waals surface area contributed by atoms with Crippen LogP contribution in [-0.4, -0.2) is 27.4 Å². The standard InChI is InChI=1S/C14H18ClN3O2S/c1-8-4-3-5-9(2)14(8)11(19)18(13(20)17-14)7-10-6-16-12(15)21-10/h6,8-9H,3-5,7H2,1-2H3,(H,17,20). The lowest BCUT2D eigenvalue weighted by atomic mass is 9.67. The number of rotatable bonds is 2. The van der Waals surface area contributed by atoms with E-state index >= 15 is 0 Å². The van der Waals surface area contributed by atoms with Gasteiger partial charge in [0.25, 0.3) is 5.91 Å². The summed E-state index contributed by atoms with van der Waals surface area (Å²) in [5.74, 6) is 0.220. The molecule has 1 spiro atoms. The second-order valence-corrected chi connectivity index (χ2v) is 7.70. The minimum atomic E-state index is -0.732. The van der Waals surface area contributed by atoms with E-state index in [0.717, 1.165) is 24.1 Å². The van der Waals surface area contributed by atoms with Gasteiger partial charge in [-0.2, -0.15) is 0 Å². The van der Waals surface area contributed by atoms with Gasteiger partial charge in [-0.05, 0) is 24.7 Å². The van der Waals surface area contributed by atoms with Crippen LogP contribution >= 0.6 is 22.9 Å². The Balaban J connectivity index is 1.87. The Labute approximate surface area is 132 Å². The van der Waals surface area contributed by atoms with E-state index in [9.17, 15) is 9.59 Å². The Kier molecular flexibility index (Phi) is 3.69. The minimum Gasteiger partial charge on any atom is -0.323 e. The molecule has 5 nitrogen and oxygen atoms in total. The van der Waals surface area contributed by atoms with Crippen molar-refractivity contribution in [1.29, 1.82) is 0 Å². The van der Waals surface area contributed by atoms with E-state index in [1.807, 2.05) is 0 Å². The summed E-state index contributed by atoms with van der Waals surface area (Å²) in [6, 6.07) is -0.301. The zero-order valence-electron chi connectivity index (χ0n) is 12.1. The Morgan fingerprint density at radius 1 is 1.43 bits per heavy atom. The highest BCUT2D eigenvalue weighted by Gasteiger charge is 2.58. The molecule has 1 aliphatic heterocycles. The van der Waals surface area contributed by atoms with Gasteiger partial charge in [-0.25, -0.2) is 9.78 Å². The first kappa shape index (κ1) is 14.8. The summed E-state index contributed by atoms with van der Waals surface area (Å²) in [6.45, 7) is 4.36. The van der Waals surface area contributed by atoms with Gasteiger partial charge in [-0.15, -0.1) is 11.3 Å². The van der Waals surface area contributed by atoms with Crippen molar-refractivity contribution < 1.29 is 9.59 Å². The van der Waals surface area contributed by atoms with E-state index in [-0.39, 0.29) is 30.3 Å². The second kappa shape index (κ2) is 5.25. The highest BCUT2D eigenvalue weighted by atomic mass is 35.5. The number of amides is 3. The number of imide groups is 1. The molecule has 1 aliphatic carbocycles. The first-order valence-electron chi connectivity index (χ1n) is 7.19. The third-order valence-corrected chi connectivity index (χ3v) is 5.93. The molecule has 3 amide bonds. The predicted octanol–water partition coefficient (Wildman–Crippen LogP) is 3.04. The smallest absolute Gasteiger partial charge is 0.323 e. The van der Waals surface area contributed by atoms with Crippen molar-refractivity contribution in [3.8, 4) is 0 Å². The maximum Gasteiger partial charge on any atom is 0.325 e. The number of halogens is 1. The summed E-state index contributed by atoms with van der Waals surface area (Å²) < 4.78 is 0.422. The fourth-order valence-corrected chi connectivity index (χ4v) is 4.58. The summed E-state index contributed by atoms with van der Waals surface area (Å²) in [7, 11) is 0. The molecule has 1 aromatic rings. The normalized spacial score (nSPS) is 32.8. The molecule has 1 aromatic heterocycles. The van der Waals surface area contributed by atoms with Crippen LogP contribution < -0.4 is 5.32 Å². The molecule has 0 radical (unpaired) electrons. The van der Waals surface area contributed by atoms with Crippen LogP contribution in [0.25, 0.3) is 0 Å². The summed E-state index contributed by atoms with van der Waals surface area (Å²) in [5.41, 5.74) is -0.732. The van der Waals surface area contributed by atoms with Crippen molar-refractivity contribution in [3.05, 3.63) is 15.5 Å². The number of carbonyl (C=O) groups is 2. The third kappa shape index (κ3) is 2.25. The van der Waals surface area contributed by atoms with Gasteiger partial charge in [0, 0.05) is 11.1 Å². The number of carbonyl (C=O) groups excluding carboxylic acids is 2. The molecule has 1 saturated carbocycles. The van der Waals surface area contributed by atoms with Crippen LogP contribution in [0.15, 0.2) is 6.20 Å². The van der Waals surface area contributed by atoms with Crippen molar-refractivity contribution >= 4 is 34.9 Å². The number of aromatic nitrogens is 1. The van der Waals surface area contributed by atoms with Crippen molar-refractivity contribution in [3.63, 3.8) is 0 Å². The van der Waals surface area contributed by atoms with E-state index < -0.39 is 5.54 Å². The van der Waals surface area contributed by atoms with Gasteiger partial charge in [0.1, 0.15) is 5.54 Å². The Morgan fingerprint density at radius 2 is 2.10 bits per heavy atom. The number of urea groups is 1. The van der Waals surface area contributed by atoms with Gasteiger partial charge in [-0.1, -0.05) is 31.9 Å². The molecule has 21 heavy (non-hydrogen) atoms. The van der Waals surface area contributed by atoms with Crippen molar-refractivity contribution in [2.24, 2.45) is 11.8 Å². The lowest BCUT2D eigenvalue weighted by molar-refractivity contribution is -0.136. The van der Waals surface area contributed by atoms with Crippen molar-refractivity contribution in [2.45, 2.75) is 45.2 Å². The number of thiazole rings is 1. The third-order valence-electron chi connectivity index (χ3n) is 4.83. The Bertz CT molecular complexity index is 579. The fraction of sp³-hybridized carbons (Fsp3) is 0.643. The van der Waals surface area contributed by atoms with Crippen LogP contribution in [-0.2, 0) is 11.3 Å². The van der Waals surface area contributed by atoms with E-state index in [0.29, 0.717) is 4.47 Å². The molecule has 2 aliphatic rings. The monoisotopic (exact) mass is 327 g/mol. The maximum atomic E-state index is 12.9. The molecular formula is C14H18ClN3O2S. The van der Waals surface area contributed by atoms with Crippen LogP contribution in [0.3, 0.4) is 0 Å². The zero-order chi connectivity index (χ0) is 15.2. The molecule has 1 N–H and O–H groups in total. The fourth-order valence-electron chi connectivity index (χ4n) is 3.61. The number of hydrogen-bond donors (Lipinski definition) is 1. The van der Waals surface area contributed by atoms with Crippen molar-refractivity contribution in [1.82, 2.24) is 15.2 Å². The zero-order valence-corrected chi connectivity index (χ0v) is 13.6. The molecule has 3 rings (SSSR count). The first-order chi connectivity index (χ1) is 9.95. The molecule has 1 saturated heterocycles. The molecule has 114 valence electrons. The lowest BCUT2D eigenvalue weighted by Gasteiger charge is -2.42. The molecule has 7 heteroatoms. The summed E-state index contributed by atoms with van der Waals surface area (Å²) in [4.78, 5) is 31.3. The predicted molar refractivity (Wildman–Crippen MR) is 81.1 cm³/mol. The van der Waals surface area contributed by atoms with E-state index in [1.54, 1.807) is 6.20 Å². The van der Waals surface area contributed by atoms with Crippen LogP contribution in [0.1, 0.15) is 38.0 Å². The van der Waals surface area contributed by atoms with E-state index in [4.69, 9.17) is 11.6 Å². The minimum absolute atomic E-state index is 0.100. The van der Waals surface area contributed by atoms with Crippen LogP contribution in [0.2, 0.25) is 4.47 Å². The molecule has 2 fully saturated rings. The Morgan fingerprint density at radius 3 is 2.67 bits per heavy atom. The van der Waals surface area contributed by atoms with E-state index in [1.165, 1.54) is 16.2 Å². The van der Waals surface area contributed by atoms with Gasteiger partial charge in [-0.3, -0.25) is 9.69 Å². The van der Waals surface area contributed by atoms with Crippen LogP contribution in [0.4, 0.5) is 4.79 Å². The number of nitrogens with one attached hydrogen (secondary N) is 1. The summed E-state index contributed by atoms with van der Waals surface area (Å²) >= 11 is 7.11. The van der Waals surface area contributed by atoms with Gasteiger partial charge >= 0.3 is 6.03 Å². The second-order valence-electron chi connectivity index (χ2n) is 6.00. The topological polar surface area (TPSA) is 62.3 Å². The molecule has 2 heterocycles. The average molecular weight is 328 g/mol. The Hall–Kier alpha value is -1.14. The summed E-state index contributed by atoms with van der Waals surface area (Å²) in [5, 5.41) is 2.98. The van der Waals surface area contributed by atoms with Crippen molar-refractivity contribution in [2.75, 3.05) is 0 Å². The first-order valence-corrected chi connectivity index (χ1v) is 8.39. The average Bonchev–Trinajstić information content (AvgIpc) is 2.94. The van der Waals surface area contributed by atoms with Crippen LogP contribution in [0, 0.1) is 11.8 Å². The van der Waals surface area contributed by atoms with Gasteiger partial charge in [0.05, 0.1) is 6.54 Å². The summed E-state index contributed by atoms with van der Waals surface area (Å²) in [6.07, 6.45) is 4.66. The molecule has 2 atom stereocenters. The number of nitrogens with zero attached hydrogens (tertiary/aromatic N) is 2. The molecule has 2 unspecified atom stereocenters. The molecule has 0 aromatic carbocycles. The SMILES string of the molecule is CC1CCCC(C)C12NC(=O)N(Cc1cnc(Cl)s1)C2=O. The van der Waals surface area contributed by atoms with Crippen LogP contribution in [0.5, 0.6) is 0 Å². The highest BCUT2D eigenvalue weighted by molar-refractivity contribution is 7.15.